The summed E-state index contributed by atoms with van der Waals surface area (Å²) >= 11 is 0. The fourth-order valence-corrected chi connectivity index (χ4v) is 5.01. The summed E-state index contributed by atoms with van der Waals surface area (Å²) in [6, 6.07) is 0. The van der Waals surface area contributed by atoms with E-state index in [9.17, 15) is 14.0 Å². The molecule has 4 aliphatic carbocycles. The van der Waals surface area contributed by atoms with Crippen LogP contribution in [0.5, 0.6) is 0 Å². The molecule has 0 aromatic rings. The Hall–Kier alpha value is 0.130. The summed E-state index contributed by atoms with van der Waals surface area (Å²) < 4.78 is 36.1. The van der Waals surface area contributed by atoms with E-state index in [2.05, 4.69) is 4.29 Å². The van der Waals surface area contributed by atoms with E-state index in [0.717, 1.165) is 37.0 Å². The molecule has 0 radical (unpaired) electrons. The third kappa shape index (κ3) is 2.09. The van der Waals surface area contributed by atoms with Crippen LogP contribution >= 0.6 is 0 Å². The quantitative estimate of drug-likeness (QED) is 0.650. The Morgan fingerprint density at radius 1 is 0.938 bits per heavy atom. The van der Waals surface area contributed by atoms with Gasteiger partial charge >= 0.3 is 0 Å². The van der Waals surface area contributed by atoms with Crippen molar-refractivity contribution >= 4 is 0 Å². The maximum absolute atomic E-state index is 10.5. The first-order chi connectivity index (χ1) is 7.44. The molecular weight excluding hydrogens is 232 g/mol. The summed E-state index contributed by atoms with van der Waals surface area (Å²) in [7, 11) is -4.25. The average Bonchev–Trinajstić information content (AvgIpc) is 2.11. The molecule has 0 heterocycles. The zero-order valence-corrected chi connectivity index (χ0v) is 9.95. The lowest BCUT2D eigenvalue weighted by Gasteiger charge is -2.55. The van der Waals surface area contributed by atoms with E-state index < -0.39 is 10.2 Å². The lowest BCUT2D eigenvalue weighted by molar-refractivity contribution is -1.92. The molecule has 4 nitrogen and oxygen atoms in total. The largest absolute Gasteiger partial charge is 0.209 e. The smallest absolute Gasteiger partial charge is 0.183 e. The molecule has 4 saturated carbocycles. The van der Waals surface area contributed by atoms with Crippen molar-refractivity contribution < 1.29 is 28.5 Å². The van der Waals surface area contributed by atoms with Gasteiger partial charge in [0.15, 0.2) is 0 Å². The van der Waals surface area contributed by atoms with E-state index >= 15 is 0 Å². The van der Waals surface area contributed by atoms with Crippen molar-refractivity contribution in [2.75, 3.05) is 6.61 Å². The highest BCUT2D eigenvalue weighted by Gasteiger charge is 2.53. The highest BCUT2D eigenvalue weighted by atomic mass is 35.7. The zero-order chi connectivity index (χ0) is 11.4. The van der Waals surface area contributed by atoms with Gasteiger partial charge in [0, 0.05) is 5.41 Å². The first-order valence-electron chi connectivity index (χ1n) is 5.99. The summed E-state index contributed by atoms with van der Waals surface area (Å²) in [5.74, 6) is 2.25. The van der Waals surface area contributed by atoms with Gasteiger partial charge < -0.3 is 0 Å². The highest BCUT2D eigenvalue weighted by molar-refractivity contribution is 5.01. The Balaban J connectivity index is 1.69. The van der Waals surface area contributed by atoms with Crippen LogP contribution < -0.4 is 14.0 Å². The molecule has 92 valence electrons. The maximum atomic E-state index is 10.5. The van der Waals surface area contributed by atoms with E-state index in [1.54, 1.807) is 0 Å². The van der Waals surface area contributed by atoms with Gasteiger partial charge in [-0.25, -0.2) is 0 Å². The van der Waals surface area contributed by atoms with Gasteiger partial charge in [0.05, 0.1) is 14.5 Å². The second-order valence-electron chi connectivity index (χ2n) is 6.05. The van der Waals surface area contributed by atoms with Crippen molar-refractivity contribution in [2.45, 2.75) is 38.5 Å². The van der Waals surface area contributed by atoms with E-state index in [4.69, 9.17) is 0 Å². The van der Waals surface area contributed by atoms with Gasteiger partial charge in [-0.1, -0.05) is 0 Å². The molecule has 4 aliphatic rings. The van der Waals surface area contributed by atoms with Gasteiger partial charge in [-0.3, -0.25) is 0 Å². The van der Waals surface area contributed by atoms with Crippen molar-refractivity contribution in [1.82, 2.24) is 0 Å². The molecule has 0 aromatic heterocycles. The molecule has 0 N–H and O–H groups in total. The second kappa shape index (κ2) is 3.56. The minimum atomic E-state index is -4.25. The van der Waals surface area contributed by atoms with Gasteiger partial charge in [0.1, 0.15) is 0 Å². The van der Waals surface area contributed by atoms with E-state index in [1.165, 1.54) is 19.3 Å². The predicted molar refractivity (Wildman–Crippen MR) is 46.6 cm³/mol. The van der Waals surface area contributed by atoms with Gasteiger partial charge in [-0.2, -0.15) is 14.0 Å². The summed E-state index contributed by atoms with van der Waals surface area (Å²) in [6.07, 6.45) is 7.10. The van der Waals surface area contributed by atoms with Crippen molar-refractivity contribution in [2.24, 2.45) is 23.2 Å². The number of halogens is 1. The van der Waals surface area contributed by atoms with E-state index in [0.29, 0.717) is 0 Å². The van der Waals surface area contributed by atoms with Crippen molar-refractivity contribution in [3.05, 3.63) is 0 Å². The first kappa shape index (κ1) is 11.2. The van der Waals surface area contributed by atoms with Crippen molar-refractivity contribution in [3.8, 4) is 0 Å². The molecule has 0 atom stereocenters. The van der Waals surface area contributed by atoms with Gasteiger partial charge in [-0.15, -0.1) is 0 Å². The molecule has 4 fully saturated rings. The standard InChI is InChI=1S/C11H17ClO4/c13-12(14,15)16-7-11-4-8-1-9(5-11)3-10(2-8)6-11/h8-10H,1-7H2. The van der Waals surface area contributed by atoms with Gasteiger partial charge in [-0.05, 0) is 56.3 Å². The van der Waals surface area contributed by atoms with Crippen molar-refractivity contribution in [3.63, 3.8) is 0 Å². The predicted octanol–water partition coefficient (Wildman–Crippen LogP) is -0.883. The zero-order valence-electron chi connectivity index (χ0n) is 9.19. The third-order valence-corrected chi connectivity index (χ3v) is 5.04. The second-order valence-corrected chi connectivity index (χ2v) is 7.02. The molecule has 0 amide bonds. The molecule has 4 rings (SSSR count). The van der Waals surface area contributed by atoms with Crippen LogP contribution in [-0.4, -0.2) is 6.61 Å². The normalized spacial score (nSPS) is 46.3. The molecule has 0 aromatic carbocycles. The fourth-order valence-electron chi connectivity index (χ4n) is 4.65. The Kier molecular flexibility index (Phi) is 2.50. The number of hydrogen-bond acceptors (Lipinski definition) is 4. The van der Waals surface area contributed by atoms with Crippen LogP contribution in [0, 0.1) is 33.4 Å². The highest BCUT2D eigenvalue weighted by Crippen LogP contribution is 2.60. The molecule has 16 heavy (non-hydrogen) atoms. The minimum Gasteiger partial charge on any atom is -0.183 e. The van der Waals surface area contributed by atoms with E-state index in [1.807, 2.05) is 0 Å². The fraction of sp³-hybridized carbons (Fsp3) is 1.00. The summed E-state index contributed by atoms with van der Waals surface area (Å²) in [4.78, 5) is 0. The number of rotatable bonds is 3. The Labute approximate surface area is 97.3 Å². The lowest BCUT2D eigenvalue weighted by atomic mass is 9.50. The molecular formula is C11H17ClO4. The Morgan fingerprint density at radius 3 is 1.75 bits per heavy atom. The Bertz CT molecular complexity index is 251. The van der Waals surface area contributed by atoms with Gasteiger partial charge in [0.25, 0.3) is 0 Å². The number of hydrogen-bond donors (Lipinski definition) is 0. The minimum absolute atomic E-state index is 0.000764. The van der Waals surface area contributed by atoms with Crippen LogP contribution in [-0.2, 0) is 4.29 Å². The molecule has 4 bridgehead atoms. The van der Waals surface area contributed by atoms with E-state index in [-0.39, 0.29) is 12.0 Å². The topological polar surface area (TPSA) is 78.4 Å². The lowest BCUT2D eigenvalue weighted by Crippen LogP contribution is -2.62. The molecule has 0 unspecified atom stereocenters. The third-order valence-electron chi connectivity index (χ3n) is 4.66. The maximum Gasteiger partial charge on any atom is 0.209 e. The Morgan fingerprint density at radius 2 is 1.38 bits per heavy atom. The molecule has 0 spiro atoms. The van der Waals surface area contributed by atoms with Crippen LogP contribution in [0.15, 0.2) is 0 Å². The van der Waals surface area contributed by atoms with Crippen molar-refractivity contribution in [1.29, 1.82) is 0 Å². The first-order valence-corrected chi connectivity index (χ1v) is 7.23. The monoisotopic (exact) mass is 248 g/mol. The van der Waals surface area contributed by atoms with Crippen LogP contribution in [0.3, 0.4) is 0 Å². The van der Waals surface area contributed by atoms with Gasteiger partial charge in [0.2, 0.25) is 6.61 Å². The average molecular weight is 249 g/mol. The van der Waals surface area contributed by atoms with Crippen LogP contribution in [0.4, 0.5) is 0 Å². The molecule has 0 aliphatic heterocycles. The molecule has 0 saturated heterocycles. The van der Waals surface area contributed by atoms with Crippen LogP contribution in [0.25, 0.3) is 0 Å². The summed E-state index contributed by atoms with van der Waals surface area (Å²) in [5, 5.41) is 0. The summed E-state index contributed by atoms with van der Waals surface area (Å²) in [6.45, 7) is 0.115. The van der Waals surface area contributed by atoms with Crippen LogP contribution in [0.2, 0.25) is 0 Å². The SMILES string of the molecule is [O-][Cl+3]([O-])([O-])OCC12CC3CC(CC(C3)C1)C2. The molecule has 5 heteroatoms. The van der Waals surface area contributed by atoms with Crippen LogP contribution in [0.1, 0.15) is 38.5 Å². The summed E-state index contributed by atoms with van der Waals surface area (Å²) in [5.41, 5.74) is -0.000764.